The number of nitrogens with zero attached hydrogens (tertiary/aromatic N) is 2. The number of hydrogen-bond donors (Lipinski definition) is 3. The van der Waals surface area contributed by atoms with Crippen LogP contribution in [0.4, 0.5) is 0 Å². The Balaban J connectivity index is 2.10. The van der Waals surface area contributed by atoms with Gasteiger partial charge in [0.25, 0.3) is 5.91 Å². The first kappa shape index (κ1) is 14.3. The SMILES string of the molecule is CSCC[C@@H](NC(=O)c1ccc2n[nH]nc2c1)C(=O)O. The number of amides is 1. The van der Waals surface area contributed by atoms with Gasteiger partial charge in [-0.1, -0.05) is 0 Å². The highest BCUT2D eigenvalue weighted by Crippen LogP contribution is 2.11. The number of carboxylic acid groups (broad SMARTS) is 1. The predicted molar refractivity (Wildman–Crippen MR) is 75.8 cm³/mol. The van der Waals surface area contributed by atoms with Gasteiger partial charge in [0, 0.05) is 5.56 Å². The average Bonchev–Trinajstić information content (AvgIpc) is 2.90. The fourth-order valence-corrected chi connectivity index (χ4v) is 2.19. The van der Waals surface area contributed by atoms with Gasteiger partial charge in [0.2, 0.25) is 0 Å². The third-order valence-corrected chi connectivity index (χ3v) is 3.44. The molecule has 1 aromatic carbocycles. The topological polar surface area (TPSA) is 108 Å². The highest BCUT2D eigenvalue weighted by Gasteiger charge is 2.20. The summed E-state index contributed by atoms with van der Waals surface area (Å²) in [7, 11) is 0. The summed E-state index contributed by atoms with van der Waals surface area (Å²) in [5.74, 6) is -0.794. The minimum Gasteiger partial charge on any atom is -0.480 e. The highest BCUT2D eigenvalue weighted by atomic mass is 32.2. The largest absolute Gasteiger partial charge is 0.480 e. The molecule has 106 valence electrons. The molecule has 0 aliphatic carbocycles. The van der Waals surface area contributed by atoms with Gasteiger partial charge < -0.3 is 10.4 Å². The normalized spacial score (nSPS) is 12.2. The predicted octanol–water partition coefficient (Wildman–Crippen LogP) is 0.894. The van der Waals surface area contributed by atoms with Crippen LogP contribution in [0.3, 0.4) is 0 Å². The van der Waals surface area contributed by atoms with Crippen LogP contribution < -0.4 is 5.32 Å². The molecule has 1 heterocycles. The zero-order chi connectivity index (χ0) is 14.5. The molecule has 0 unspecified atom stereocenters. The maximum atomic E-state index is 12.0. The Bertz CT molecular complexity index is 628. The van der Waals surface area contributed by atoms with E-state index >= 15 is 0 Å². The average molecular weight is 294 g/mol. The van der Waals surface area contributed by atoms with E-state index in [1.165, 1.54) is 11.8 Å². The molecule has 0 aliphatic rings. The number of aromatic nitrogens is 3. The summed E-state index contributed by atoms with van der Waals surface area (Å²) in [6.07, 6.45) is 2.27. The number of H-pyrrole nitrogens is 1. The molecule has 0 fully saturated rings. The molecular weight excluding hydrogens is 280 g/mol. The van der Waals surface area contributed by atoms with E-state index in [1.807, 2.05) is 6.26 Å². The van der Waals surface area contributed by atoms with Crippen LogP contribution in [0.1, 0.15) is 16.8 Å². The van der Waals surface area contributed by atoms with Gasteiger partial charge in [-0.2, -0.15) is 27.2 Å². The van der Waals surface area contributed by atoms with Crippen LogP contribution in [-0.4, -0.2) is 50.4 Å². The molecule has 0 saturated carbocycles. The number of nitrogens with one attached hydrogen (secondary N) is 2. The van der Waals surface area contributed by atoms with Crippen molar-refractivity contribution < 1.29 is 14.7 Å². The third-order valence-electron chi connectivity index (χ3n) is 2.79. The molecule has 1 aromatic heterocycles. The van der Waals surface area contributed by atoms with Crippen LogP contribution in [-0.2, 0) is 4.79 Å². The molecule has 0 radical (unpaired) electrons. The lowest BCUT2D eigenvalue weighted by Crippen LogP contribution is -2.41. The van der Waals surface area contributed by atoms with Crippen LogP contribution in [0, 0.1) is 0 Å². The fourth-order valence-electron chi connectivity index (χ4n) is 1.72. The van der Waals surface area contributed by atoms with Crippen LogP contribution in [0.5, 0.6) is 0 Å². The summed E-state index contributed by atoms with van der Waals surface area (Å²) in [5, 5.41) is 21.8. The van der Waals surface area contributed by atoms with Crippen LogP contribution in [0.15, 0.2) is 18.2 Å². The summed E-state index contributed by atoms with van der Waals surface area (Å²) < 4.78 is 0. The molecule has 1 amide bonds. The number of aliphatic carboxylic acids is 1. The molecule has 3 N–H and O–H groups in total. The molecule has 0 saturated heterocycles. The second-order valence-electron chi connectivity index (χ2n) is 4.17. The minimum absolute atomic E-state index is 0.363. The van der Waals surface area contributed by atoms with Crippen LogP contribution in [0.25, 0.3) is 11.0 Å². The molecule has 1 atom stereocenters. The van der Waals surface area contributed by atoms with E-state index < -0.39 is 17.9 Å². The van der Waals surface area contributed by atoms with E-state index in [0.29, 0.717) is 28.8 Å². The minimum atomic E-state index is -1.03. The number of carboxylic acids is 1. The molecule has 8 heteroatoms. The Morgan fingerprint density at radius 2 is 2.15 bits per heavy atom. The van der Waals surface area contributed by atoms with Crippen molar-refractivity contribution in [2.45, 2.75) is 12.5 Å². The zero-order valence-electron chi connectivity index (χ0n) is 10.8. The molecule has 0 bridgehead atoms. The number of carbonyl (C=O) groups excluding carboxylic acids is 1. The van der Waals surface area contributed by atoms with Crippen molar-refractivity contribution in [1.29, 1.82) is 0 Å². The number of carbonyl (C=O) groups is 2. The van der Waals surface area contributed by atoms with Gasteiger partial charge in [-0.05, 0) is 36.6 Å². The van der Waals surface area contributed by atoms with Gasteiger partial charge in [-0.15, -0.1) is 0 Å². The molecule has 0 aliphatic heterocycles. The van der Waals surface area contributed by atoms with Gasteiger partial charge in [-0.25, -0.2) is 4.79 Å². The van der Waals surface area contributed by atoms with E-state index in [-0.39, 0.29) is 0 Å². The maximum Gasteiger partial charge on any atom is 0.326 e. The van der Waals surface area contributed by atoms with Crippen LogP contribution >= 0.6 is 11.8 Å². The molecular formula is C12H14N4O3S. The molecule has 2 rings (SSSR count). The first-order valence-corrected chi connectivity index (χ1v) is 7.34. The fraction of sp³-hybridized carbons (Fsp3) is 0.333. The van der Waals surface area contributed by atoms with E-state index in [4.69, 9.17) is 5.11 Å². The number of fused-ring (bicyclic) bond motifs is 1. The van der Waals surface area contributed by atoms with Gasteiger partial charge in [0.05, 0.1) is 0 Å². The van der Waals surface area contributed by atoms with Crippen molar-refractivity contribution in [1.82, 2.24) is 20.7 Å². The van der Waals surface area contributed by atoms with Crippen molar-refractivity contribution in [3.63, 3.8) is 0 Å². The Labute approximate surface area is 119 Å². The second kappa shape index (κ2) is 6.38. The van der Waals surface area contributed by atoms with Crippen molar-refractivity contribution in [2.24, 2.45) is 0 Å². The monoisotopic (exact) mass is 294 g/mol. The second-order valence-corrected chi connectivity index (χ2v) is 5.16. The number of hydrogen-bond acceptors (Lipinski definition) is 5. The summed E-state index contributed by atoms with van der Waals surface area (Å²) >= 11 is 1.54. The Morgan fingerprint density at radius 1 is 1.40 bits per heavy atom. The quantitative estimate of drug-likeness (QED) is 0.730. The van der Waals surface area contributed by atoms with E-state index in [0.717, 1.165) is 0 Å². The molecule has 20 heavy (non-hydrogen) atoms. The van der Waals surface area contributed by atoms with Gasteiger partial charge in [0.1, 0.15) is 17.1 Å². The smallest absolute Gasteiger partial charge is 0.326 e. The van der Waals surface area contributed by atoms with E-state index in [2.05, 4.69) is 20.7 Å². The van der Waals surface area contributed by atoms with Crippen LogP contribution in [0.2, 0.25) is 0 Å². The number of aromatic amines is 1. The summed E-state index contributed by atoms with van der Waals surface area (Å²) in [4.78, 5) is 23.1. The Kier molecular flexibility index (Phi) is 4.57. The van der Waals surface area contributed by atoms with Crippen molar-refractivity contribution in [2.75, 3.05) is 12.0 Å². The lowest BCUT2D eigenvalue weighted by molar-refractivity contribution is -0.139. The molecule has 2 aromatic rings. The summed E-state index contributed by atoms with van der Waals surface area (Å²) in [6, 6.07) is 3.93. The first-order valence-electron chi connectivity index (χ1n) is 5.95. The maximum absolute atomic E-state index is 12.0. The van der Waals surface area contributed by atoms with Crippen molar-refractivity contribution in [3.05, 3.63) is 23.8 Å². The lowest BCUT2D eigenvalue weighted by Gasteiger charge is -2.13. The van der Waals surface area contributed by atoms with Crippen molar-refractivity contribution in [3.8, 4) is 0 Å². The number of benzene rings is 1. The molecule has 7 nitrogen and oxygen atoms in total. The standard InChI is InChI=1S/C12H14N4O3S/c1-20-5-4-9(12(18)19)13-11(17)7-2-3-8-10(6-7)15-16-14-8/h2-3,6,9H,4-5H2,1H3,(H,13,17)(H,18,19)(H,14,15,16)/t9-/m1/s1. The Morgan fingerprint density at radius 3 is 2.85 bits per heavy atom. The summed E-state index contributed by atoms with van der Waals surface area (Å²) in [5.41, 5.74) is 1.58. The Hall–Kier alpha value is -2.09. The van der Waals surface area contributed by atoms with Gasteiger partial charge in [-0.3, -0.25) is 4.79 Å². The number of thioether (sulfide) groups is 1. The zero-order valence-corrected chi connectivity index (χ0v) is 11.6. The summed E-state index contributed by atoms with van der Waals surface area (Å²) in [6.45, 7) is 0. The lowest BCUT2D eigenvalue weighted by atomic mass is 10.1. The van der Waals surface area contributed by atoms with Gasteiger partial charge in [0.15, 0.2) is 0 Å². The van der Waals surface area contributed by atoms with Crippen molar-refractivity contribution >= 4 is 34.7 Å². The number of rotatable bonds is 6. The molecule has 0 spiro atoms. The highest BCUT2D eigenvalue weighted by molar-refractivity contribution is 7.98. The van der Waals surface area contributed by atoms with E-state index in [9.17, 15) is 9.59 Å². The first-order chi connectivity index (χ1) is 9.61. The third kappa shape index (κ3) is 3.27. The van der Waals surface area contributed by atoms with E-state index in [1.54, 1.807) is 18.2 Å². The van der Waals surface area contributed by atoms with Gasteiger partial charge >= 0.3 is 5.97 Å².